The van der Waals surface area contributed by atoms with Crippen LogP contribution in [0.25, 0.3) is 121 Å². The first kappa shape index (κ1) is 33.1. The number of hydrogen-bond donors (Lipinski definition) is 0. The zero-order chi connectivity index (χ0) is 40.1. The van der Waals surface area contributed by atoms with Crippen LogP contribution in [0, 0.1) is 0 Å². The highest BCUT2D eigenvalue weighted by Crippen LogP contribution is 2.50. The molecule has 13 aromatic rings. The summed E-state index contributed by atoms with van der Waals surface area (Å²) in [6.07, 6.45) is 0. The topological polar surface area (TPSA) is 36.1 Å². The standard InChI is InChI=1S/C57H36N2O2/c1-57(2)47-17-9-6-14-37(47)38-23-22-36(28-48(38)57)59-50-25-21-34(27-42(50)44-30-46-40-16-8-11-19-54(40)61-56(46)32-52(44)59)33-20-24-49-41(26-33)43-29-45-39-15-7-10-18-53(39)60-55(45)31-51(43)58(49)35-12-4-3-5-13-35/h3-32H,1-2H3. The third-order valence-corrected chi connectivity index (χ3v) is 13.7. The summed E-state index contributed by atoms with van der Waals surface area (Å²) in [5, 5.41) is 9.35. The highest BCUT2D eigenvalue weighted by molar-refractivity contribution is 6.20. The fourth-order valence-electron chi connectivity index (χ4n) is 10.8. The van der Waals surface area contributed by atoms with Gasteiger partial charge in [-0.2, -0.15) is 0 Å². The fourth-order valence-corrected chi connectivity index (χ4v) is 10.8. The smallest absolute Gasteiger partial charge is 0.137 e. The van der Waals surface area contributed by atoms with Gasteiger partial charge in [0.15, 0.2) is 0 Å². The summed E-state index contributed by atoms with van der Waals surface area (Å²) in [6.45, 7) is 4.71. The van der Waals surface area contributed by atoms with Crippen LogP contribution in [-0.2, 0) is 5.41 Å². The first-order valence-corrected chi connectivity index (χ1v) is 21.1. The minimum Gasteiger partial charge on any atom is -0.456 e. The molecule has 0 saturated carbocycles. The molecule has 286 valence electrons. The van der Waals surface area contributed by atoms with Crippen LogP contribution in [0.15, 0.2) is 191 Å². The van der Waals surface area contributed by atoms with Gasteiger partial charge in [-0.15, -0.1) is 0 Å². The molecule has 0 amide bonds. The Labute approximate surface area is 350 Å². The number of furan rings is 2. The Kier molecular flexibility index (Phi) is 6.33. The maximum absolute atomic E-state index is 6.52. The van der Waals surface area contributed by atoms with Crippen molar-refractivity contribution in [2.24, 2.45) is 0 Å². The van der Waals surface area contributed by atoms with Crippen LogP contribution in [0.3, 0.4) is 0 Å². The monoisotopic (exact) mass is 780 g/mol. The molecule has 9 aromatic carbocycles. The molecular formula is C57H36N2O2. The third kappa shape index (κ3) is 4.43. The zero-order valence-electron chi connectivity index (χ0n) is 33.5. The molecule has 1 aliphatic carbocycles. The molecule has 0 aliphatic heterocycles. The normalized spacial score (nSPS) is 13.5. The lowest BCUT2D eigenvalue weighted by atomic mass is 9.82. The summed E-state index contributed by atoms with van der Waals surface area (Å²) < 4.78 is 17.8. The zero-order valence-corrected chi connectivity index (χ0v) is 33.5. The Hall–Kier alpha value is -7.82. The summed E-state index contributed by atoms with van der Waals surface area (Å²) in [5.74, 6) is 0. The molecule has 0 atom stereocenters. The van der Waals surface area contributed by atoms with E-state index in [4.69, 9.17) is 8.83 Å². The third-order valence-electron chi connectivity index (χ3n) is 13.7. The SMILES string of the molecule is CC1(C)c2ccccc2-c2ccc(-n3c4ccc(-c5ccc6c(c5)c5cc7c(cc5n6-c5ccccc5)oc5ccccc57)cc4c4cc5c(cc43)oc3ccccc35)cc21. The minimum atomic E-state index is -0.112. The number of hydrogen-bond acceptors (Lipinski definition) is 2. The van der Waals surface area contributed by atoms with Crippen molar-refractivity contribution in [1.82, 2.24) is 9.13 Å². The predicted octanol–water partition coefficient (Wildman–Crippen LogP) is 15.7. The molecule has 4 heteroatoms. The molecule has 14 rings (SSSR count). The number of nitrogens with zero attached hydrogens (tertiary/aromatic N) is 2. The summed E-state index contributed by atoms with van der Waals surface area (Å²) in [5.41, 5.74) is 18.1. The van der Waals surface area contributed by atoms with Crippen LogP contribution >= 0.6 is 0 Å². The van der Waals surface area contributed by atoms with Gasteiger partial charge in [0.2, 0.25) is 0 Å². The number of para-hydroxylation sites is 3. The van der Waals surface area contributed by atoms with Gasteiger partial charge in [0.1, 0.15) is 22.3 Å². The van der Waals surface area contributed by atoms with Crippen LogP contribution in [0.2, 0.25) is 0 Å². The largest absolute Gasteiger partial charge is 0.456 e. The number of benzene rings is 9. The number of fused-ring (bicyclic) bond motifs is 15. The van der Waals surface area contributed by atoms with E-state index in [-0.39, 0.29) is 5.41 Å². The maximum Gasteiger partial charge on any atom is 0.137 e. The average molecular weight is 781 g/mol. The van der Waals surface area contributed by atoms with Crippen LogP contribution in [0.1, 0.15) is 25.0 Å². The van der Waals surface area contributed by atoms with E-state index in [0.717, 1.165) is 71.8 Å². The molecular weight excluding hydrogens is 745 g/mol. The Morgan fingerprint density at radius 3 is 1.46 bits per heavy atom. The minimum absolute atomic E-state index is 0.112. The van der Waals surface area contributed by atoms with Gasteiger partial charge < -0.3 is 18.0 Å². The molecule has 0 fully saturated rings. The van der Waals surface area contributed by atoms with E-state index in [2.05, 4.69) is 193 Å². The van der Waals surface area contributed by atoms with E-state index in [9.17, 15) is 0 Å². The quantitative estimate of drug-likeness (QED) is 0.179. The summed E-state index contributed by atoms with van der Waals surface area (Å²) in [6, 6.07) is 66.4. The molecule has 61 heavy (non-hydrogen) atoms. The Bertz CT molecular complexity index is 4020. The lowest BCUT2D eigenvalue weighted by Crippen LogP contribution is -2.15. The first-order valence-electron chi connectivity index (χ1n) is 21.1. The Morgan fingerprint density at radius 2 is 0.836 bits per heavy atom. The predicted molar refractivity (Wildman–Crippen MR) is 253 cm³/mol. The lowest BCUT2D eigenvalue weighted by molar-refractivity contribution is 0.660. The fraction of sp³-hybridized carbons (Fsp3) is 0.0526. The van der Waals surface area contributed by atoms with Crippen molar-refractivity contribution in [2.75, 3.05) is 0 Å². The molecule has 1 aliphatic rings. The second-order valence-electron chi connectivity index (χ2n) is 17.3. The molecule has 0 unspecified atom stereocenters. The van der Waals surface area contributed by atoms with Crippen LogP contribution in [0.4, 0.5) is 0 Å². The van der Waals surface area contributed by atoms with Gasteiger partial charge in [-0.3, -0.25) is 0 Å². The second-order valence-corrected chi connectivity index (χ2v) is 17.3. The van der Waals surface area contributed by atoms with E-state index in [1.54, 1.807) is 0 Å². The molecule has 4 heterocycles. The summed E-state index contributed by atoms with van der Waals surface area (Å²) in [4.78, 5) is 0. The van der Waals surface area contributed by atoms with Gasteiger partial charge in [0, 0.05) is 72.0 Å². The Morgan fingerprint density at radius 1 is 0.328 bits per heavy atom. The van der Waals surface area contributed by atoms with Gasteiger partial charge in [-0.1, -0.05) is 111 Å². The number of aromatic nitrogens is 2. The summed E-state index contributed by atoms with van der Waals surface area (Å²) in [7, 11) is 0. The van der Waals surface area contributed by atoms with Crippen LogP contribution in [-0.4, -0.2) is 9.13 Å². The van der Waals surface area contributed by atoms with Gasteiger partial charge in [-0.05, 0) is 106 Å². The van der Waals surface area contributed by atoms with Crippen molar-refractivity contribution >= 4 is 87.5 Å². The highest BCUT2D eigenvalue weighted by atomic mass is 16.3. The molecule has 0 N–H and O–H groups in total. The van der Waals surface area contributed by atoms with Crippen LogP contribution in [0.5, 0.6) is 0 Å². The molecule has 0 saturated heterocycles. The molecule has 4 aromatic heterocycles. The molecule has 0 bridgehead atoms. The van der Waals surface area contributed by atoms with Gasteiger partial charge >= 0.3 is 0 Å². The highest BCUT2D eigenvalue weighted by Gasteiger charge is 2.35. The van der Waals surface area contributed by atoms with E-state index in [0.29, 0.717) is 0 Å². The van der Waals surface area contributed by atoms with E-state index >= 15 is 0 Å². The van der Waals surface area contributed by atoms with E-state index in [1.807, 2.05) is 12.1 Å². The van der Waals surface area contributed by atoms with Crippen molar-refractivity contribution in [3.63, 3.8) is 0 Å². The molecule has 0 radical (unpaired) electrons. The van der Waals surface area contributed by atoms with Crippen LogP contribution < -0.4 is 0 Å². The molecule has 0 spiro atoms. The van der Waals surface area contributed by atoms with Crippen molar-refractivity contribution in [3.8, 4) is 33.6 Å². The van der Waals surface area contributed by atoms with Crippen molar-refractivity contribution in [1.29, 1.82) is 0 Å². The maximum atomic E-state index is 6.52. The van der Waals surface area contributed by atoms with Gasteiger partial charge in [-0.25, -0.2) is 0 Å². The summed E-state index contributed by atoms with van der Waals surface area (Å²) >= 11 is 0. The first-order chi connectivity index (χ1) is 30.0. The van der Waals surface area contributed by atoms with Crippen molar-refractivity contribution in [3.05, 3.63) is 193 Å². The average Bonchev–Trinajstić information content (AvgIpc) is 4.08. The van der Waals surface area contributed by atoms with Crippen molar-refractivity contribution in [2.45, 2.75) is 19.3 Å². The lowest BCUT2D eigenvalue weighted by Gasteiger charge is -2.22. The van der Waals surface area contributed by atoms with E-state index < -0.39 is 0 Å². The van der Waals surface area contributed by atoms with E-state index in [1.165, 1.54) is 60.4 Å². The van der Waals surface area contributed by atoms with Gasteiger partial charge in [0.05, 0.1) is 22.1 Å². The van der Waals surface area contributed by atoms with Gasteiger partial charge in [0.25, 0.3) is 0 Å². The Balaban J connectivity index is 1.02. The molecule has 4 nitrogen and oxygen atoms in total. The van der Waals surface area contributed by atoms with Crippen molar-refractivity contribution < 1.29 is 8.83 Å². The second kappa shape index (κ2) is 11.7. The number of rotatable bonds is 3.